The van der Waals surface area contributed by atoms with Gasteiger partial charge in [-0.2, -0.15) is 0 Å². The number of hydrogen-bond acceptors (Lipinski definition) is 6. The fraction of sp³-hybridized carbons (Fsp3) is 0.229. The predicted molar refractivity (Wildman–Crippen MR) is 188 cm³/mol. The molecule has 1 atom stereocenters. The first-order valence-corrected chi connectivity index (χ1v) is 17.2. The number of halogens is 3. The molecular formula is C35H30BrCl2N3O4S. The van der Waals surface area contributed by atoms with E-state index in [1.807, 2.05) is 73.8 Å². The molecular weight excluding hydrogens is 709 g/mol. The number of benzene rings is 3. The van der Waals surface area contributed by atoms with Crippen LogP contribution >= 0.6 is 50.5 Å². The van der Waals surface area contributed by atoms with Crippen LogP contribution in [0.1, 0.15) is 49.4 Å². The van der Waals surface area contributed by atoms with Gasteiger partial charge in [0.2, 0.25) is 0 Å². The van der Waals surface area contributed by atoms with Crippen molar-refractivity contribution in [2.24, 2.45) is 4.99 Å². The maximum Gasteiger partial charge on any atom is 0.338 e. The highest BCUT2D eigenvalue weighted by Crippen LogP contribution is 2.38. The van der Waals surface area contributed by atoms with Crippen LogP contribution in [0.5, 0.6) is 5.75 Å². The molecule has 3 aromatic carbocycles. The van der Waals surface area contributed by atoms with Crippen LogP contribution in [-0.2, 0) is 16.1 Å². The standard InChI is InChI=1S/C35H30BrCl2N3O4S/c1-4-8-27-31(34(43)45-5-2)32(25-16-22(36)12-14-29(25)44-3)41-33(42)30(46-35(41)39-27)15-21-19-40(28-10-7-6-9-24(21)28)18-20-11-13-23(37)17-26(20)38/h6-7,9-17,19,32H,4-5,8,18H2,1-3H3/b30-15+/t32-/m0/s1. The van der Waals surface area contributed by atoms with Crippen LogP contribution < -0.4 is 19.6 Å². The number of nitrogens with zero attached hydrogens (tertiary/aromatic N) is 3. The molecule has 6 rings (SSSR count). The maximum absolute atomic E-state index is 14.4. The Morgan fingerprint density at radius 1 is 1.11 bits per heavy atom. The second-order valence-corrected chi connectivity index (χ2v) is 13.5. The number of carbonyl (C=O) groups is 1. The van der Waals surface area contributed by atoms with Crippen molar-refractivity contribution in [2.75, 3.05) is 13.7 Å². The zero-order valence-electron chi connectivity index (χ0n) is 25.4. The Morgan fingerprint density at radius 3 is 2.65 bits per heavy atom. The van der Waals surface area contributed by atoms with Crippen molar-refractivity contribution in [3.8, 4) is 5.75 Å². The molecule has 1 aliphatic heterocycles. The van der Waals surface area contributed by atoms with E-state index in [0.717, 1.165) is 32.9 Å². The topological polar surface area (TPSA) is 74.8 Å². The fourth-order valence-corrected chi connectivity index (χ4v) is 7.69. The second-order valence-electron chi connectivity index (χ2n) is 10.8. The number of ether oxygens (including phenoxy) is 2. The molecule has 0 bridgehead atoms. The number of thiazole rings is 1. The van der Waals surface area contributed by atoms with E-state index >= 15 is 0 Å². The Morgan fingerprint density at radius 2 is 1.91 bits per heavy atom. The van der Waals surface area contributed by atoms with Crippen LogP contribution in [-0.4, -0.2) is 28.8 Å². The summed E-state index contributed by atoms with van der Waals surface area (Å²) in [6.45, 7) is 4.51. The summed E-state index contributed by atoms with van der Waals surface area (Å²) in [4.78, 5) is 33.4. The summed E-state index contributed by atoms with van der Waals surface area (Å²) in [6.07, 6.45) is 5.23. The van der Waals surface area contributed by atoms with Gasteiger partial charge in [-0.25, -0.2) is 9.79 Å². The lowest BCUT2D eigenvalue weighted by molar-refractivity contribution is -0.139. The van der Waals surface area contributed by atoms with Gasteiger partial charge in [0.25, 0.3) is 5.56 Å². The smallest absolute Gasteiger partial charge is 0.338 e. The van der Waals surface area contributed by atoms with Gasteiger partial charge in [-0.15, -0.1) is 0 Å². The first-order chi connectivity index (χ1) is 22.2. The number of hydrogen-bond donors (Lipinski definition) is 0. The molecule has 0 saturated carbocycles. The first-order valence-electron chi connectivity index (χ1n) is 14.8. The largest absolute Gasteiger partial charge is 0.496 e. The number of aromatic nitrogens is 2. The van der Waals surface area contributed by atoms with Gasteiger partial charge in [0.15, 0.2) is 4.80 Å². The van der Waals surface area contributed by atoms with Gasteiger partial charge in [0.05, 0.1) is 29.5 Å². The maximum atomic E-state index is 14.4. The van der Waals surface area contributed by atoms with Gasteiger partial charge in [-0.05, 0) is 61.4 Å². The minimum Gasteiger partial charge on any atom is -0.496 e. The molecule has 5 aromatic rings. The van der Waals surface area contributed by atoms with E-state index in [-0.39, 0.29) is 12.2 Å². The van der Waals surface area contributed by atoms with Gasteiger partial charge in [0, 0.05) is 49.3 Å². The van der Waals surface area contributed by atoms with Crippen molar-refractivity contribution in [3.05, 3.63) is 129 Å². The van der Waals surface area contributed by atoms with Crippen LogP contribution in [0, 0.1) is 0 Å². The number of para-hydroxylation sites is 1. The highest BCUT2D eigenvalue weighted by Gasteiger charge is 2.36. The molecule has 0 fully saturated rings. The normalized spacial score (nSPS) is 14.8. The molecule has 0 amide bonds. The summed E-state index contributed by atoms with van der Waals surface area (Å²) in [5.74, 6) is 0.0474. The van der Waals surface area contributed by atoms with Crippen molar-refractivity contribution < 1.29 is 14.3 Å². The molecule has 2 aromatic heterocycles. The van der Waals surface area contributed by atoms with Crippen molar-refractivity contribution in [2.45, 2.75) is 39.3 Å². The lowest BCUT2D eigenvalue weighted by Gasteiger charge is -2.27. The molecule has 236 valence electrons. The summed E-state index contributed by atoms with van der Waals surface area (Å²) >= 11 is 17.5. The second kappa shape index (κ2) is 13.6. The zero-order valence-corrected chi connectivity index (χ0v) is 29.3. The SMILES string of the molecule is CCCC1=C(C(=O)OCC)[C@H](c2cc(Br)ccc2OC)n2c(s/c(=C/c3cn(Cc4ccc(Cl)cc4Cl)c4ccccc34)c2=O)=N1. The Kier molecular flexibility index (Phi) is 9.57. The summed E-state index contributed by atoms with van der Waals surface area (Å²) in [5.41, 5.74) is 4.15. The number of fused-ring (bicyclic) bond motifs is 2. The number of carbonyl (C=O) groups excluding carboxylic acids is 1. The Labute approximate surface area is 288 Å². The number of rotatable bonds is 9. The average Bonchev–Trinajstić information content (AvgIpc) is 3.54. The van der Waals surface area contributed by atoms with Crippen LogP contribution in [0.25, 0.3) is 17.0 Å². The first kappa shape index (κ1) is 32.3. The van der Waals surface area contributed by atoms with Crippen molar-refractivity contribution >= 4 is 73.4 Å². The third kappa shape index (κ3) is 6.09. The van der Waals surface area contributed by atoms with Crippen LogP contribution in [0.15, 0.2) is 92.4 Å². The van der Waals surface area contributed by atoms with Crippen molar-refractivity contribution in [1.29, 1.82) is 0 Å². The minimum atomic E-state index is -0.792. The zero-order chi connectivity index (χ0) is 32.5. The number of methoxy groups -OCH3 is 1. The van der Waals surface area contributed by atoms with Gasteiger partial charge in [-0.3, -0.25) is 9.36 Å². The average molecular weight is 740 g/mol. The Balaban J connectivity index is 1.57. The van der Waals surface area contributed by atoms with E-state index in [2.05, 4.69) is 20.5 Å². The quantitative estimate of drug-likeness (QED) is 0.146. The van der Waals surface area contributed by atoms with E-state index in [4.69, 9.17) is 37.7 Å². The molecule has 0 saturated heterocycles. The van der Waals surface area contributed by atoms with Crippen LogP contribution in [0.4, 0.5) is 0 Å². The van der Waals surface area contributed by atoms with Crippen molar-refractivity contribution in [1.82, 2.24) is 9.13 Å². The van der Waals surface area contributed by atoms with E-state index < -0.39 is 12.0 Å². The van der Waals surface area contributed by atoms with Gasteiger partial charge in [0.1, 0.15) is 11.8 Å². The molecule has 0 unspecified atom stereocenters. The Hall–Kier alpha value is -3.63. The van der Waals surface area contributed by atoms with Gasteiger partial charge < -0.3 is 14.0 Å². The van der Waals surface area contributed by atoms with Gasteiger partial charge >= 0.3 is 5.97 Å². The monoisotopic (exact) mass is 737 g/mol. The molecule has 0 N–H and O–H groups in total. The van der Waals surface area contributed by atoms with Crippen LogP contribution in [0.3, 0.4) is 0 Å². The lowest BCUT2D eigenvalue weighted by atomic mass is 9.93. The molecule has 0 radical (unpaired) electrons. The molecule has 3 heterocycles. The summed E-state index contributed by atoms with van der Waals surface area (Å²) in [5, 5.41) is 2.15. The summed E-state index contributed by atoms with van der Waals surface area (Å²) in [7, 11) is 1.57. The minimum absolute atomic E-state index is 0.194. The Bertz CT molecular complexity index is 2200. The molecule has 11 heteroatoms. The third-order valence-corrected chi connectivity index (χ3v) is 9.90. The van der Waals surface area contributed by atoms with Gasteiger partial charge in [-0.1, -0.05) is 88.1 Å². The highest BCUT2D eigenvalue weighted by atomic mass is 79.9. The fourth-order valence-electron chi connectivity index (χ4n) is 5.83. The molecule has 46 heavy (non-hydrogen) atoms. The molecule has 1 aliphatic rings. The highest BCUT2D eigenvalue weighted by molar-refractivity contribution is 9.10. The van der Waals surface area contributed by atoms with E-state index in [1.165, 1.54) is 11.3 Å². The van der Waals surface area contributed by atoms with E-state index in [9.17, 15) is 9.59 Å². The van der Waals surface area contributed by atoms with E-state index in [0.29, 0.717) is 54.9 Å². The molecule has 0 spiro atoms. The summed E-state index contributed by atoms with van der Waals surface area (Å²) < 4.78 is 16.3. The lowest BCUT2D eigenvalue weighted by Crippen LogP contribution is -2.40. The predicted octanol–water partition coefficient (Wildman–Crippen LogP) is 7.66. The number of esters is 1. The molecule has 0 aliphatic carbocycles. The number of allylic oxidation sites excluding steroid dienone is 1. The van der Waals surface area contributed by atoms with Crippen LogP contribution in [0.2, 0.25) is 10.0 Å². The van der Waals surface area contributed by atoms with Crippen molar-refractivity contribution in [3.63, 3.8) is 0 Å². The summed E-state index contributed by atoms with van der Waals surface area (Å²) in [6, 6.07) is 18.3. The third-order valence-electron chi connectivity index (χ3n) is 7.84. The molecule has 7 nitrogen and oxygen atoms in total. The van der Waals surface area contributed by atoms with E-state index in [1.54, 1.807) is 24.7 Å².